The highest BCUT2D eigenvalue weighted by Crippen LogP contribution is 2.20. The van der Waals surface area contributed by atoms with E-state index in [1.807, 2.05) is 11.8 Å². The molecule has 2 aromatic carbocycles. The fraction of sp³-hybridized carbons (Fsp3) is 0.409. The summed E-state index contributed by atoms with van der Waals surface area (Å²) < 4.78 is 27.8. The Morgan fingerprint density at radius 3 is 2.38 bits per heavy atom. The van der Waals surface area contributed by atoms with Gasteiger partial charge in [-0.15, -0.1) is 0 Å². The average molecular weight is 480 g/mol. The molecule has 0 bridgehead atoms. The van der Waals surface area contributed by atoms with Gasteiger partial charge in [-0.2, -0.15) is 11.8 Å². The number of hydrazine groups is 1. The zero-order valence-corrected chi connectivity index (χ0v) is 20.0. The summed E-state index contributed by atoms with van der Waals surface area (Å²) in [6.07, 6.45) is 6.31. The summed E-state index contributed by atoms with van der Waals surface area (Å²) in [6.45, 7) is 2.76. The molecule has 2 aromatic rings. The molecule has 0 aliphatic carbocycles. The largest absolute Gasteiger partial charge is 0.337 e. The molecule has 0 saturated heterocycles. The third-order valence-electron chi connectivity index (χ3n) is 4.63. The maximum absolute atomic E-state index is 12.7. The van der Waals surface area contributed by atoms with E-state index in [1.165, 1.54) is 44.2 Å². The number of unbranched alkanes of at least 4 members (excludes halogenated alkanes) is 4. The molecule has 0 saturated carbocycles. The summed E-state index contributed by atoms with van der Waals surface area (Å²) in [7, 11) is -3.80. The lowest BCUT2D eigenvalue weighted by molar-refractivity contribution is 0.252. The van der Waals surface area contributed by atoms with E-state index >= 15 is 0 Å². The Bertz CT molecular complexity index is 937. The maximum atomic E-state index is 12.7. The van der Waals surface area contributed by atoms with Gasteiger partial charge in [0.2, 0.25) is 0 Å². The van der Waals surface area contributed by atoms with Gasteiger partial charge in [-0.05, 0) is 54.6 Å². The number of hydrogen-bond acceptors (Lipinski definition) is 6. The van der Waals surface area contributed by atoms with E-state index in [0.717, 1.165) is 11.5 Å². The van der Waals surface area contributed by atoms with Crippen LogP contribution in [0, 0.1) is 0 Å². The van der Waals surface area contributed by atoms with Crippen molar-refractivity contribution in [2.75, 3.05) is 33.5 Å². The second kappa shape index (κ2) is 13.9. The van der Waals surface area contributed by atoms with Gasteiger partial charge in [0.25, 0.3) is 10.0 Å². The molecule has 10 heteroatoms. The number of sulfonamides is 1. The van der Waals surface area contributed by atoms with Crippen LogP contribution in [-0.4, -0.2) is 32.5 Å². The van der Waals surface area contributed by atoms with E-state index in [0.29, 0.717) is 23.6 Å². The van der Waals surface area contributed by atoms with Gasteiger partial charge in [0.15, 0.2) is 0 Å². The van der Waals surface area contributed by atoms with Crippen LogP contribution in [0.4, 0.5) is 21.9 Å². The Balaban J connectivity index is 1.78. The number of anilines is 3. The molecule has 0 aliphatic heterocycles. The molecule has 0 atom stereocenters. The molecule has 0 aromatic heterocycles. The standard InChI is InChI=1S/C22H33N5O3S2/c1-2-3-4-5-6-15-31-16-14-24-22(28)25-20-8-7-9-21(17-20)32(29,30)27-19-12-10-18(26-23)11-13-19/h7-13,17,26-27H,2-6,14-16,23H2,1H3,(H2,24,25,28). The molecule has 2 amide bonds. The molecule has 0 radical (unpaired) electrons. The van der Waals surface area contributed by atoms with Gasteiger partial charge >= 0.3 is 6.03 Å². The minimum atomic E-state index is -3.80. The smallest absolute Gasteiger partial charge is 0.319 e. The molecule has 0 spiro atoms. The van der Waals surface area contributed by atoms with Crippen molar-refractivity contribution in [1.29, 1.82) is 0 Å². The lowest BCUT2D eigenvalue weighted by Gasteiger charge is -2.11. The highest BCUT2D eigenvalue weighted by molar-refractivity contribution is 7.99. The van der Waals surface area contributed by atoms with Crippen molar-refractivity contribution in [3.8, 4) is 0 Å². The van der Waals surface area contributed by atoms with Crippen LogP contribution in [0.25, 0.3) is 0 Å². The highest BCUT2D eigenvalue weighted by atomic mass is 32.2. The number of rotatable bonds is 14. The van der Waals surface area contributed by atoms with Crippen LogP contribution in [0.15, 0.2) is 53.4 Å². The second-order valence-corrected chi connectivity index (χ2v) is 10.2. The third kappa shape index (κ3) is 9.37. The molecule has 0 heterocycles. The number of benzene rings is 2. The Morgan fingerprint density at radius 2 is 1.66 bits per heavy atom. The monoisotopic (exact) mass is 479 g/mol. The minimum absolute atomic E-state index is 0.0509. The Hall–Kier alpha value is -2.43. The maximum Gasteiger partial charge on any atom is 0.319 e. The molecule has 176 valence electrons. The van der Waals surface area contributed by atoms with E-state index < -0.39 is 10.0 Å². The van der Waals surface area contributed by atoms with Crippen LogP contribution >= 0.6 is 11.8 Å². The quantitative estimate of drug-likeness (QED) is 0.153. The first-order valence-corrected chi connectivity index (χ1v) is 13.4. The summed E-state index contributed by atoms with van der Waals surface area (Å²) in [5.41, 5.74) is 3.95. The predicted octanol–water partition coefficient (Wildman–Crippen LogP) is 4.60. The number of carbonyl (C=O) groups is 1. The average Bonchev–Trinajstić information content (AvgIpc) is 2.78. The minimum Gasteiger partial charge on any atom is -0.337 e. The van der Waals surface area contributed by atoms with Crippen LogP contribution in [0.3, 0.4) is 0 Å². The number of carbonyl (C=O) groups excluding carboxylic acids is 1. The molecule has 8 nitrogen and oxygen atoms in total. The fourth-order valence-corrected chi connectivity index (χ4v) is 4.87. The van der Waals surface area contributed by atoms with Crippen LogP contribution in [-0.2, 0) is 10.0 Å². The van der Waals surface area contributed by atoms with E-state index in [-0.39, 0.29) is 10.9 Å². The van der Waals surface area contributed by atoms with Crippen LogP contribution in [0.2, 0.25) is 0 Å². The second-order valence-electron chi connectivity index (χ2n) is 7.26. The van der Waals surface area contributed by atoms with Crippen LogP contribution < -0.4 is 26.6 Å². The summed E-state index contributed by atoms with van der Waals surface area (Å²) >= 11 is 1.83. The number of amides is 2. The molecule has 0 aliphatic rings. The highest BCUT2D eigenvalue weighted by Gasteiger charge is 2.15. The predicted molar refractivity (Wildman–Crippen MR) is 135 cm³/mol. The number of nitrogens with two attached hydrogens (primary N) is 1. The van der Waals surface area contributed by atoms with E-state index in [2.05, 4.69) is 27.7 Å². The number of thioether (sulfide) groups is 1. The molecule has 0 unspecified atom stereocenters. The van der Waals surface area contributed by atoms with Crippen LogP contribution in [0.1, 0.15) is 39.0 Å². The van der Waals surface area contributed by atoms with Crippen molar-refractivity contribution in [2.45, 2.75) is 43.9 Å². The molecule has 6 N–H and O–H groups in total. The normalized spacial score (nSPS) is 11.1. The fourth-order valence-electron chi connectivity index (χ4n) is 2.91. The molecular formula is C22H33N5O3S2. The molecule has 2 rings (SSSR count). The van der Waals surface area contributed by atoms with Gasteiger partial charge in [0.05, 0.1) is 4.90 Å². The third-order valence-corrected chi connectivity index (χ3v) is 7.08. The first kappa shape index (κ1) is 25.8. The molecular weight excluding hydrogens is 446 g/mol. The molecule has 0 fully saturated rings. The summed E-state index contributed by atoms with van der Waals surface area (Å²) in [4.78, 5) is 12.2. The van der Waals surface area contributed by atoms with Gasteiger partial charge in [0.1, 0.15) is 0 Å². The lowest BCUT2D eigenvalue weighted by atomic mass is 10.2. The number of nitrogens with one attached hydrogen (secondary N) is 4. The van der Waals surface area contributed by atoms with Gasteiger partial charge in [-0.25, -0.2) is 13.2 Å². The van der Waals surface area contributed by atoms with E-state index in [4.69, 9.17) is 5.84 Å². The summed E-state index contributed by atoms with van der Waals surface area (Å²) in [6, 6.07) is 12.3. The Morgan fingerprint density at radius 1 is 0.938 bits per heavy atom. The first-order valence-electron chi connectivity index (χ1n) is 10.8. The van der Waals surface area contributed by atoms with Gasteiger partial charge in [-0.1, -0.05) is 38.7 Å². The number of nitrogen functional groups attached to an aromatic ring is 1. The number of urea groups is 1. The van der Waals surface area contributed by atoms with Crippen LogP contribution in [0.5, 0.6) is 0 Å². The zero-order valence-electron chi connectivity index (χ0n) is 18.4. The van der Waals surface area contributed by atoms with Crippen molar-refractivity contribution >= 4 is 44.9 Å². The molecule has 32 heavy (non-hydrogen) atoms. The SMILES string of the molecule is CCCCCCCSCCNC(=O)Nc1cccc(S(=O)(=O)Nc2ccc(NN)cc2)c1. The number of hydrogen-bond donors (Lipinski definition) is 5. The first-order chi connectivity index (χ1) is 15.4. The zero-order chi connectivity index (χ0) is 23.2. The van der Waals surface area contributed by atoms with E-state index in [1.54, 1.807) is 36.4 Å². The van der Waals surface area contributed by atoms with Crippen molar-refractivity contribution in [3.63, 3.8) is 0 Å². The van der Waals surface area contributed by atoms with Gasteiger partial charge in [-0.3, -0.25) is 10.6 Å². The van der Waals surface area contributed by atoms with Crippen molar-refractivity contribution < 1.29 is 13.2 Å². The lowest BCUT2D eigenvalue weighted by Crippen LogP contribution is -2.30. The van der Waals surface area contributed by atoms with Crippen molar-refractivity contribution in [3.05, 3.63) is 48.5 Å². The van der Waals surface area contributed by atoms with Crippen molar-refractivity contribution in [1.82, 2.24) is 5.32 Å². The Labute approximate surface area is 195 Å². The van der Waals surface area contributed by atoms with Gasteiger partial charge < -0.3 is 16.1 Å². The van der Waals surface area contributed by atoms with E-state index in [9.17, 15) is 13.2 Å². The Kier molecular flexibility index (Phi) is 11.2. The summed E-state index contributed by atoms with van der Waals surface area (Å²) in [5, 5.41) is 5.48. The van der Waals surface area contributed by atoms with Gasteiger partial charge in [0, 0.05) is 29.4 Å². The van der Waals surface area contributed by atoms with Crippen molar-refractivity contribution in [2.24, 2.45) is 5.84 Å². The summed E-state index contributed by atoms with van der Waals surface area (Å²) in [5.74, 6) is 7.26. The topological polar surface area (TPSA) is 125 Å².